The van der Waals surface area contributed by atoms with E-state index in [2.05, 4.69) is 15.6 Å². The summed E-state index contributed by atoms with van der Waals surface area (Å²) in [5.74, 6) is 0.512. The third-order valence-electron chi connectivity index (χ3n) is 3.67. The number of hydrogen-bond acceptors (Lipinski definition) is 4. The first-order chi connectivity index (χ1) is 12.5. The predicted molar refractivity (Wildman–Crippen MR) is 119 cm³/mol. The van der Waals surface area contributed by atoms with E-state index in [1.54, 1.807) is 33.0 Å². The van der Waals surface area contributed by atoms with Crippen molar-refractivity contribution in [3.63, 3.8) is 0 Å². The summed E-state index contributed by atoms with van der Waals surface area (Å²) < 4.78 is 4.89. The van der Waals surface area contributed by atoms with E-state index in [4.69, 9.17) is 4.74 Å². The van der Waals surface area contributed by atoms with E-state index in [9.17, 15) is 9.59 Å². The molecule has 1 aromatic rings. The maximum Gasteiger partial charge on any atom is 0.305 e. The molecule has 0 saturated heterocycles. The first-order valence-electron chi connectivity index (χ1n) is 8.88. The molecule has 0 saturated carbocycles. The number of rotatable bonds is 9. The third-order valence-corrected chi connectivity index (χ3v) is 3.67. The minimum atomic E-state index is -0.176. The third kappa shape index (κ3) is 10.2. The van der Waals surface area contributed by atoms with Crippen LogP contribution >= 0.6 is 24.0 Å². The molecule has 27 heavy (non-hydrogen) atoms. The molecule has 152 valence electrons. The van der Waals surface area contributed by atoms with Gasteiger partial charge >= 0.3 is 5.97 Å². The van der Waals surface area contributed by atoms with Gasteiger partial charge in [0.2, 0.25) is 0 Å². The highest BCUT2D eigenvalue weighted by Crippen LogP contribution is 2.07. The first kappa shape index (κ1) is 25.2. The Balaban J connectivity index is 0.00000676. The summed E-state index contributed by atoms with van der Waals surface area (Å²) in [5.41, 5.74) is 1.77. The number of aliphatic imine (C=N–C) groups is 1. The second-order valence-electron chi connectivity index (χ2n) is 5.98. The van der Waals surface area contributed by atoms with E-state index >= 15 is 0 Å². The predicted octanol–water partition coefficient (Wildman–Crippen LogP) is 2.06. The lowest BCUT2D eigenvalue weighted by Gasteiger charge is -2.13. The van der Waals surface area contributed by atoms with Crippen LogP contribution in [0.1, 0.15) is 35.7 Å². The Hall–Kier alpha value is -1.84. The Kier molecular flexibility index (Phi) is 13.3. The second-order valence-corrected chi connectivity index (χ2v) is 5.98. The minimum absolute atomic E-state index is 0. The van der Waals surface area contributed by atoms with E-state index < -0.39 is 0 Å². The number of hydrogen-bond donors (Lipinski definition) is 2. The SMILES string of the molecule is CCOC(=O)CCCNC(=NC)NCCc1cccc(C(=O)N(C)C)c1.I. The maximum absolute atomic E-state index is 12.0. The number of guanidine groups is 1. The van der Waals surface area contributed by atoms with Crippen LogP contribution in [0.25, 0.3) is 0 Å². The summed E-state index contributed by atoms with van der Waals surface area (Å²) in [5, 5.41) is 6.40. The van der Waals surface area contributed by atoms with Crippen LogP contribution in [0, 0.1) is 0 Å². The number of ether oxygens (including phenoxy) is 1. The van der Waals surface area contributed by atoms with Crippen LogP contribution in [-0.4, -0.2) is 63.6 Å². The van der Waals surface area contributed by atoms with Gasteiger partial charge in [0, 0.05) is 46.2 Å². The van der Waals surface area contributed by atoms with Gasteiger partial charge < -0.3 is 20.3 Å². The molecule has 0 unspecified atom stereocenters. The smallest absolute Gasteiger partial charge is 0.305 e. The van der Waals surface area contributed by atoms with Gasteiger partial charge in [-0.15, -0.1) is 24.0 Å². The molecule has 0 aliphatic heterocycles. The van der Waals surface area contributed by atoms with Crippen LogP contribution in [0.4, 0.5) is 0 Å². The zero-order chi connectivity index (χ0) is 19.4. The summed E-state index contributed by atoms with van der Waals surface area (Å²) in [7, 11) is 5.19. The highest BCUT2D eigenvalue weighted by molar-refractivity contribution is 14.0. The van der Waals surface area contributed by atoms with Crippen LogP contribution < -0.4 is 10.6 Å². The van der Waals surface area contributed by atoms with Gasteiger partial charge in [-0.3, -0.25) is 14.6 Å². The van der Waals surface area contributed by atoms with Gasteiger partial charge in [0.25, 0.3) is 5.91 Å². The van der Waals surface area contributed by atoms with Crippen molar-refractivity contribution >= 4 is 41.8 Å². The van der Waals surface area contributed by atoms with Crippen molar-refractivity contribution in [2.24, 2.45) is 4.99 Å². The number of nitrogens with one attached hydrogen (secondary N) is 2. The van der Waals surface area contributed by atoms with Crippen LogP contribution in [0.3, 0.4) is 0 Å². The van der Waals surface area contributed by atoms with E-state index in [1.165, 1.54) is 0 Å². The van der Waals surface area contributed by atoms with Gasteiger partial charge in [0.05, 0.1) is 6.61 Å². The average Bonchev–Trinajstić information content (AvgIpc) is 2.63. The second kappa shape index (κ2) is 14.2. The molecule has 0 aromatic heterocycles. The lowest BCUT2D eigenvalue weighted by molar-refractivity contribution is -0.143. The van der Waals surface area contributed by atoms with E-state index in [0.717, 1.165) is 12.0 Å². The minimum Gasteiger partial charge on any atom is -0.466 e. The van der Waals surface area contributed by atoms with Crippen LogP contribution in [0.15, 0.2) is 29.3 Å². The molecule has 0 aliphatic rings. The summed E-state index contributed by atoms with van der Waals surface area (Å²) in [6, 6.07) is 7.64. The van der Waals surface area contributed by atoms with E-state index in [-0.39, 0.29) is 35.9 Å². The van der Waals surface area contributed by atoms with Gasteiger partial charge in [-0.2, -0.15) is 0 Å². The Morgan fingerprint density at radius 1 is 1.19 bits per heavy atom. The highest BCUT2D eigenvalue weighted by atomic mass is 127. The molecule has 2 N–H and O–H groups in total. The van der Waals surface area contributed by atoms with Crippen molar-refractivity contribution in [2.75, 3.05) is 40.8 Å². The molecule has 0 aliphatic carbocycles. The van der Waals surface area contributed by atoms with Crippen molar-refractivity contribution in [3.05, 3.63) is 35.4 Å². The normalized spacial score (nSPS) is 10.6. The topological polar surface area (TPSA) is 83.0 Å². The van der Waals surface area contributed by atoms with Crippen LogP contribution in [-0.2, 0) is 16.0 Å². The lowest BCUT2D eigenvalue weighted by Crippen LogP contribution is -2.38. The first-order valence-corrected chi connectivity index (χ1v) is 8.88. The van der Waals surface area contributed by atoms with Gasteiger partial charge in [-0.1, -0.05) is 12.1 Å². The fraction of sp³-hybridized carbons (Fsp3) is 0.526. The van der Waals surface area contributed by atoms with Crippen molar-refractivity contribution < 1.29 is 14.3 Å². The number of halogens is 1. The van der Waals surface area contributed by atoms with Gasteiger partial charge in [-0.05, 0) is 37.5 Å². The van der Waals surface area contributed by atoms with Crippen molar-refractivity contribution in [1.29, 1.82) is 0 Å². The molecule has 0 heterocycles. The maximum atomic E-state index is 12.0. The molecular formula is C19H31IN4O3. The van der Waals surface area contributed by atoms with Crippen molar-refractivity contribution in [2.45, 2.75) is 26.2 Å². The van der Waals surface area contributed by atoms with Crippen LogP contribution in [0.2, 0.25) is 0 Å². The largest absolute Gasteiger partial charge is 0.466 e. The number of nitrogens with zero attached hydrogens (tertiary/aromatic N) is 2. The number of carbonyl (C=O) groups excluding carboxylic acids is 2. The van der Waals surface area contributed by atoms with Gasteiger partial charge in [0.1, 0.15) is 0 Å². The van der Waals surface area contributed by atoms with Crippen LogP contribution in [0.5, 0.6) is 0 Å². The summed E-state index contributed by atoms with van der Waals surface area (Å²) in [6.45, 7) is 3.55. The molecule has 0 radical (unpaired) electrons. The molecular weight excluding hydrogens is 459 g/mol. The summed E-state index contributed by atoms with van der Waals surface area (Å²) in [4.78, 5) is 29.0. The lowest BCUT2D eigenvalue weighted by atomic mass is 10.1. The Labute approximate surface area is 179 Å². The fourth-order valence-electron chi connectivity index (χ4n) is 2.34. The summed E-state index contributed by atoms with van der Waals surface area (Å²) >= 11 is 0. The Bertz CT molecular complexity index is 621. The van der Waals surface area contributed by atoms with Crippen molar-refractivity contribution in [3.8, 4) is 0 Å². The Morgan fingerprint density at radius 2 is 1.89 bits per heavy atom. The highest BCUT2D eigenvalue weighted by Gasteiger charge is 2.08. The number of carbonyl (C=O) groups is 2. The van der Waals surface area contributed by atoms with Gasteiger partial charge in [0.15, 0.2) is 5.96 Å². The van der Waals surface area contributed by atoms with Crippen molar-refractivity contribution in [1.82, 2.24) is 15.5 Å². The average molecular weight is 490 g/mol. The molecule has 1 rings (SSSR count). The standard InChI is InChI=1S/C19H30N4O3.HI/c1-5-26-17(24)10-7-12-21-19(20-2)22-13-11-15-8-6-9-16(14-15)18(25)23(3)4;/h6,8-9,14H,5,7,10-13H2,1-4H3,(H2,20,21,22);1H. The number of benzene rings is 1. The zero-order valence-corrected chi connectivity index (χ0v) is 18.9. The van der Waals surface area contributed by atoms with E-state index in [1.807, 2.05) is 24.3 Å². The molecule has 8 heteroatoms. The summed E-state index contributed by atoms with van der Waals surface area (Å²) in [6.07, 6.45) is 1.86. The number of esters is 1. The zero-order valence-electron chi connectivity index (χ0n) is 16.6. The molecule has 0 spiro atoms. The number of amides is 1. The van der Waals surface area contributed by atoms with Gasteiger partial charge in [-0.25, -0.2) is 0 Å². The molecule has 0 bridgehead atoms. The monoisotopic (exact) mass is 490 g/mol. The molecule has 1 aromatic carbocycles. The Morgan fingerprint density at radius 3 is 2.52 bits per heavy atom. The van der Waals surface area contributed by atoms with E-state index in [0.29, 0.717) is 44.1 Å². The molecule has 0 fully saturated rings. The molecule has 0 atom stereocenters. The molecule has 7 nitrogen and oxygen atoms in total. The quantitative estimate of drug-likeness (QED) is 0.182. The molecule has 1 amide bonds. The fourth-order valence-corrected chi connectivity index (χ4v) is 2.34.